The van der Waals surface area contributed by atoms with Gasteiger partial charge in [-0.1, -0.05) is 54.6 Å². The Balaban J connectivity index is 0.000000176. The summed E-state index contributed by atoms with van der Waals surface area (Å²) in [7, 11) is -8.24. The number of carbonyl (C=O) groups excluding carboxylic acids is 1. The molecule has 0 amide bonds. The average molecular weight is 785 g/mol. The van der Waals surface area contributed by atoms with Crippen molar-refractivity contribution in [3.8, 4) is 0 Å². The lowest BCUT2D eigenvalue weighted by molar-refractivity contribution is -0.204. The van der Waals surface area contributed by atoms with E-state index < -0.39 is 43.9 Å². The predicted molar refractivity (Wildman–Crippen MR) is 201 cm³/mol. The second kappa shape index (κ2) is 14.6. The number of alkyl halides is 2. The summed E-state index contributed by atoms with van der Waals surface area (Å²) in [6.45, 7) is -1.70. The van der Waals surface area contributed by atoms with Crippen LogP contribution in [0.5, 0.6) is 0 Å². The summed E-state index contributed by atoms with van der Waals surface area (Å²) in [5.74, 6) is 3.30. The molecule has 292 valence electrons. The lowest BCUT2D eigenvalue weighted by Crippen LogP contribution is -2.56. The zero-order valence-corrected chi connectivity index (χ0v) is 32.2. The molecule has 0 heterocycles. The van der Waals surface area contributed by atoms with E-state index in [0.29, 0.717) is 35.5 Å². The molecule has 0 saturated heterocycles. The monoisotopic (exact) mass is 784 g/mol. The summed E-state index contributed by atoms with van der Waals surface area (Å²) in [6.07, 6.45) is 11.9. The van der Waals surface area contributed by atoms with Gasteiger partial charge in [0, 0.05) is 20.1 Å². The first-order valence-corrected chi connectivity index (χ1v) is 22.6. The minimum atomic E-state index is -5.57. The summed E-state index contributed by atoms with van der Waals surface area (Å²) in [6, 6.07) is 28.3. The molecule has 3 aromatic carbocycles. The van der Waals surface area contributed by atoms with Gasteiger partial charge in [0.05, 0.1) is 12.0 Å². The van der Waals surface area contributed by atoms with Crippen molar-refractivity contribution in [3.05, 3.63) is 91.0 Å². The Morgan fingerprint density at radius 2 is 1.02 bits per heavy atom. The van der Waals surface area contributed by atoms with Crippen LogP contribution in [0.3, 0.4) is 0 Å². The van der Waals surface area contributed by atoms with Gasteiger partial charge >= 0.3 is 21.3 Å². The molecule has 8 aliphatic carbocycles. The van der Waals surface area contributed by atoms with Crippen molar-refractivity contribution in [2.75, 3.05) is 13.2 Å². The van der Waals surface area contributed by atoms with E-state index in [1.54, 1.807) is 0 Å². The third kappa shape index (κ3) is 7.27. The highest BCUT2D eigenvalue weighted by molar-refractivity contribution is 8.29. The number of esters is 1. The van der Waals surface area contributed by atoms with Gasteiger partial charge in [-0.25, -0.2) is 0 Å². The number of carbonyl (C=O) groups is 1. The smallest absolute Gasteiger partial charge is 0.392 e. The van der Waals surface area contributed by atoms with Crippen LogP contribution in [0.4, 0.5) is 12.7 Å². The third-order valence-electron chi connectivity index (χ3n) is 13.6. The summed E-state index contributed by atoms with van der Waals surface area (Å²) in [5.41, 5.74) is -0.728. The molecule has 3 aromatic rings. The molecule has 8 fully saturated rings. The molecule has 8 bridgehead atoms. The largest absolute Gasteiger partial charge is 0.459 e. The third-order valence-corrected chi connectivity index (χ3v) is 17.2. The highest BCUT2D eigenvalue weighted by atomic mass is 32.3. The number of hydrogen-bond donors (Lipinski definition) is 1. The molecular formula is C43H51F3O6S2. The van der Waals surface area contributed by atoms with E-state index in [1.807, 2.05) is 91.0 Å². The first-order valence-electron chi connectivity index (χ1n) is 19.6. The van der Waals surface area contributed by atoms with Gasteiger partial charge in [-0.3, -0.25) is 9.35 Å². The molecule has 1 atom stereocenters. The number of hydrogen-bond acceptors (Lipinski definition) is 5. The molecular weight excluding hydrogens is 734 g/mol. The van der Waals surface area contributed by atoms with Crippen molar-refractivity contribution in [3.63, 3.8) is 0 Å². The lowest BCUT2D eigenvalue weighted by Gasteiger charge is -2.59. The van der Waals surface area contributed by atoms with Crippen LogP contribution in [0.2, 0.25) is 0 Å². The Bertz CT molecular complexity index is 1720. The Labute approximate surface area is 319 Å². The first kappa shape index (κ1) is 38.0. The van der Waals surface area contributed by atoms with E-state index in [-0.39, 0.29) is 18.0 Å². The lowest BCUT2D eigenvalue weighted by atomic mass is 9.48. The van der Waals surface area contributed by atoms with Crippen LogP contribution >= 0.6 is 10.4 Å². The van der Waals surface area contributed by atoms with E-state index in [9.17, 15) is 22.0 Å². The number of halogens is 3. The fraction of sp³-hybridized carbons (Fsp3) is 0.558. The van der Waals surface area contributed by atoms with Crippen molar-refractivity contribution < 1.29 is 39.9 Å². The zero-order chi connectivity index (χ0) is 37.8. The molecule has 8 saturated carbocycles. The van der Waals surface area contributed by atoms with Gasteiger partial charge in [0.2, 0.25) is 0 Å². The molecule has 0 radical (unpaired) electrons. The maximum Gasteiger partial charge on any atom is 0.392 e. The zero-order valence-electron chi connectivity index (χ0n) is 30.5. The van der Waals surface area contributed by atoms with E-state index in [4.69, 9.17) is 14.0 Å². The summed E-state index contributed by atoms with van der Waals surface area (Å²) in [5, 5.41) is -4.39. The van der Waals surface area contributed by atoms with Crippen LogP contribution < -0.4 is 0 Å². The Hall–Kier alpha value is -2.86. The summed E-state index contributed by atoms with van der Waals surface area (Å²) >= 11 is 0. The SMILES string of the molecule is FS(c1ccccc1)(c1ccccc1)c1ccccc1.O=C(OC(COCC(F)(F)S(=O)(=O)O)C12CC3CC(CC(C3)C1)C2)C12CC3CC(CC(C3)C1)C2. The van der Waals surface area contributed by atoms with Gasteiger partial charge in [0.25, 0.3) is 0 Å². The second-order valence-corrected chi connectivity index (χ2v) is 21.5. The van der Waals surface area contributed by atoms with Crippen LogP contribution in [0.15, 0.2) is 106 Å². The van der Waals surface area contributed by atoms with Gasteiger partial charge < -0.3 is 9.47 Å². The summed E-state index contributed by atoms with van der Waals surface area (Å²) < 4.78 is 86.2. The van der Waals surface area contributed by atoms with Crippen LogP contribution in [-0.4, -0.2) is 43.5 Å². The van der Waals surface area contributed by atoms with Gasteiger partial charge in [-0.2, -0.15) is 21.1 Å². The topological polar surface area (TPSA) is 89.9 Å². The normalized spacial score (nSPS) is 33.1. The highest BCUT2D eigenvalue weighted by Crippen LogP contribution is 2.69. The van der Waals surface area contributed by atoms with Crippen LogP contribution in [0.1, 0.15) is 77.0 Å². The van der Waals surface area contributed by atoms with Gasteiger partial charge in [-0.15, -0.1) is 0 Å². The van der Waals surface area contributed by atoms with Crippen LogP contribution in [0, 0.1) is 46.3 Å². The van der Waals surface area contributed by atoms with Gasteiger partial charge in [-0.05, 0) is 159 Å². The van der Waals surface area contributed by atoms with Crippen molar-refractivity contribution in [2.45, 2.75) is 103 Å². The maximum atomic E-state index is 16.1. The minimum Gasteiger partial charge on any atom is -0.459 e. The molecule has 0 aliphatic heterocycles. The van der Waals surface area contributed by atoms with E-state index >= 15 is 3.89 Å². The molecule has 11 heteroatoms. The molecule has 0 aromatic heterocycles. The minimum absolute atomic E-state index is 0.183. The fourth-order valence-electron chi connectivity index (χ4n) is 12.1. The van der Waals surface area contributed by atoms with E-state index in [2.05, 4.69) is 0 Å². The van der Waals surface area contributed by atoms with Crippen molar-refractivity contribution in [2.24, 2.45) is 46.3 Å². The van der Waals surface area contributed by atoms with Gasteiger partial charge in [0.15, 0.2) is 0 Å². The Morgan fingerprint density at radius 3 is 1.37 bits per heavy atom. The maximum absolute atomic E-state index is 16.1. The second-order valence-electron chi connectivity index (χ2n) is 17.5. The van der Waals surface area contributed by atoms with Crippen LogP contribution in [0.25, 0.3) is 0 Å². The van der Waals surface area contributed by atoms with Crippen molar-refractivity contribution in [1.82, 2.24) is 0 Å². The summed E-state index contributed by atoms with van der Waals surface area (Å²) in [4.78, 5) is 16.0. The molecule has 0 spiro atoms. The average Bonchev–Trinajstić information content (AvgIpc) is 3.14. The standard InChI is InChI=1S/C25H36F2O6S.C18H15FS/c26-25(27,34(29,30)31)14-32-13-21(23-7-15-1-16(8-23)3-17(2-15)9-23)33-22(28)24-10-18-4-19(11-24)6-20(5-18)12-24;19-20(16-10-4-1-5-11-16,17-12-6-2-7-13-17)18-14-8-3-9-15-18/h15-21H,1-14H2,(H,29,30,31);1-15H. The molecule has 1 N–H and O–H groups in total. The van der Waals surface area contributed by atoms with E-state index in [1.165, 1.54) is 38.5 Å². The predicted octanol–water partition coefficient (Wildman–Crippen LogP) is 10.7. The van der Waals surface area contributed by atoms with Crippen LogP contribution in [-0.2, 0) is 24.4 Å². The molecule has 1 unspecified atom stereocenters. The van der Waals surface area contributed by atoms with Gasteiger partial charge in [0.1, 0.15) is 12.7 Å². The quantitative estimate of drug-likeness (QED) is 0.154. The van der Waals surface area contributed by atoms with E-state index in [0.717, 1.165) is 53.2 Å². The van der Waals surface area contributed by atoms with Crippen molar-refractivity contribution in [1.29, 1.82) is 0 Å². The molecule has 6 nitrogen and oxygen atoms in total. The van der Waals surface area contributed by atoms with Crippen molar-refractivity contribution >= 4 is 26.5 Å². The number of ether oxygens (including phenoxy) is 2. The number of benzene rings is 3. The first-order chi connectivity index (χ1) is 25.8. The molecule has 11 rings (SSSR count). The Kier molecular flexibility index (Phi) is 10.3. The number of rotatable bonds is 11. The highest BCUT2D eigenvalue weighted by Gasteiger charge is 2.59. The molecule has 54 heavy (non-hydrogen) atoms. The fourth-order valence-corrected chi connectivity index (χ4v) is 14.8. The Morgan fingerprint density at radius 1 is 0.667 bits per heavy atom. The molecule has 8 aliphatic rings.